The molecular formula is C21H28N2O2. The molecule has 1 aromatic carbocycles. The van der Waals surface area contributed by atoms with Gasteiger partial charge in [-0.05, 0) is 83.3 Å². The summed E-state index contributed by atoms with van der Waals surface area (Å²) in [5, 5.41) is 12.7. The average molecular weight is 340 g/mol. The molecule has 0 bridgehead atoms. The van der Waals surface area contributed by atoms with Crippen LogP contribution in [-0.4, -0.2) is 46.7 Å². The molecular weight excluding hydrogens is 312 g/mol. The molecule has 0 aliphatic carbocycles. The Morgan fingerprint density at radius 3 is 2.48 bits per heavy atom. The number of carbonyl (C=O) groups is 1. The van der Waals surface area contributed by atoms with Crippen LogP contribution >= 0.6 is 0 Å². The van der Waals surface area contributed by atoms with Gasteiger partial charge in [-0.2, -0.15) is 0 Å². The van der Waals surface area contributed by atoms with E-state index in [-0.39, 0.29) is 5.91 Å². The molecule has 4 heteroatoms. The van der Waals surface area contributed by atoms with Crippen LogP contribution in [0.5, 0.6) is 0 Å². The van der Waals surface area contributed by atoms with E-state index in [2.05, 4.69) is 22.1 Å². The van der Waals surface area contributed by atoms with Crippen molar-refractivity contribution < 1.29 is 9.90 Å². The van der Waals surface area contributed by atoms with Crippen LogP contribution < -0.4 is 5.32 Å². The zero-order valence-electron chi connectivity index (χ0n) is 15.3. The number of benzene rings is 1. The van der Waals surface area contributed by atoms with Crippen molar-refractivity contribution in [3.8, 4) is 11.8 Å². The summed E-state index contributed by atoms with van der Waals surface area (Å²) in [6.07, 6.45) is 6.19. The number of rotatable bonds is 4. The third-order valence-electron chi connectivity index (χ3n) is 5.35. The minimum atomic E-state index is -1.01. The maximum absolute atomic E-state index is 12.3. The second-order valence-electron chi connectivity index (χ2n) is 7.81. The number of hydrogen-bond donors (Lipinski definition) is 2. The van der Waals surface area contributed by atoms with Gasteiger partial charge in [-0.15, -0.1) is 0 Å². The Bertz CT molecular complexity index is 667. The first-order valence-corrected chi connectivity index (χ1v) is 9.27. The summed E-state index contributed by atoms with van der Waals surface area (Å²) in [4.78, 5) is 15.0. The Labute approximate surface area is 150 Å². The van der Waals surface area contributed by atoms with E-state index in [9.17, 15) is 9.90 Å². The third kappa shape index (κ3) is 4.42. The molecule has 2 saturated heterocycles. The Kier molecular flexibility index (Phi) is 5.17. The van der Waals surface area contributed by atoms with E-state index in [1.807, 2.05) is 12.1 Å². The summed E-state index contributed by atoms with van der Waals surface area (Å²) in [6, 6.07) is 7.23. The molecule has 0 radical (unpaired) electrons. The Morgan fingerprint density at radius 1 is 1.24 bits per heavy atom. The lowest BCUT2D eigenvalue weighted by Gasteiger charge is -2.32. The lowest BCUT2D eigenvalue weighted by molar-refractivity contribution is 0.0942. The van der Waals surface area contributed by atoms with Crippen LogP contribution in [0.3, 0.4) is 0 Å². The molecule has 3 rings (SSSR count). The van der Waals surface area contributed by atoms with Gasteiger partial charge < -0.3 is 10.4 Å². The van der Waals surface area contributed by atoms with Crippen molar-refractivity contribution >= 4 is 5.91 Å². The SMILES string of the molecule is CC(C)(O)C#Cc1ccc(C(=O)NCCC23CCCN2CCC3)cc1. The fourth-order valence-corrected chi connectivity index (χ4v) is 4.07. The van der Waals surface area contributed by atoms with E-state index in [1.165, 1.54) is 38.8 Å². The topological polar surface area (TPSA) is 52.6 Å². The van der Waals surface area contributed by atoms with Gasteiger partial charge in [-0.3, -0.25) is 9.69 Å². The van der Waals surface area contributed by atoms with Crippen LogP contribution in [0.25, 0.3) is 0 Å². The number of fused-ring (bicyclic) bond motifs is 1. The van der Waals surface area contributed by atoms with Crippen LogP contribution in [0.2, 0.25) is 0 Å². The van der Waals surface area contributed by atoms with Crippen molar-refractivity contribution in [1.29, 1.82) is 0 Å². The molecule has 0 saturated carbocycles. The van der Waals surface area contributed by atoms with Crippen molar-refractivity contribution in [2.75, 3.05) is 19.6 Å². The molecule has 25 heavy (non-hydrogen) atoms. The predicted molar refractivity (Wildman–Crippen MR) is 99.3 cm³/mol. The molecule has 2 fully saturated rings. The Morgan fingerprint density at radius 2 is 1.88 bits per heavy atom. The first kappa shape index (κ1) is 18.0. The van der Waals surface area contributed by atoms with Crippen LogP contribution in [-0.2, 0) is 0 Å². The van der Waals surface area contributed by atoms with Gasteiger partial charge >= 0.3 is 0 Å². The molecule has 2 aliphatic rings. The summed E-state index contributed by atoms with van der Waals surface area (Å²) in [5.74, 6) is 5.66. The highest BCUT2D eigenvalue weighted by Crippen LogP contribution is 2.40. The molecule has 134 valence electrons. The van der Waals surface area contributed by atoms with Gasteiger partial charge in [0.05, 0.1) is 0 Å². The highest BCUT2D eigenvalue weighted by molar-refractivity contribution is 5.94. The number of aliphatic hydroxyl groups is 1. The third-order valence-corrected chi connectivity index (χ3v) is 5.35. The van der Waals surface area contributed by atoms with Crippen molar-refractivity contribution in [3.05, 3.63) is 35.4 Å². The highest BCUT2D eigenvalue weighted by atomic mass is 16.3. The second-order valence-corrected chi connectivity index (χ2v) is 7.81. The fourth-order valence-electron chi connectivity index (χ4n) is 4.07. The van der Waals surface area contributed by atoms with Gasteiger partial charge in [0.25, 0.3) is 5.91 Å². The summed E-state index contributed by atoms with van der Waals surface area (Å²) in [6.45, 7) is 6.48. The van der Waals surface area contributed by atoms with E-state index in [1.54, 1.807) is 26.0 Å². The van der Waals surface area contributed by atoms with E-state index < -0.39 is 5.60 Å². The zero-order valence-corrected chi connectivity index (χ0v) is 15.3. The van der Waals surface area contributed by atoms with Crippen molar-refractivity contribution in [1.82, 2.24) is 10.2 Å². The minimum absolute atomic E-state index is 0.0269. The van der Waals surface area contributed by atoms with Crippen molar-refractivity contribution in [2.45, 2.75) is 57.1 Å². The molecule has 2 heterocycles. The molecule has 1 amide bonds. The monoisotopic (exact) mass is 340 g/mol. The van der Waals surface area contributed by atoms with Gasteiger partial charge in [0.15, 0.2) is 0 Å². The molecule has 1 aromatic rings. The number of hydrogen-bond acceptors (Lipinski definition) is 3. The number of amides is 1. The quantitative estimate of drug-likeness (QED) is 0.828. The maximum Gasteiger partial charge on any atom is 0.251 e. The van der Waals surface area contributed by atoms with Crippen LogP contribution in [0.1, 0.15) is 61.9 Å². The molecule has 0 atom stereocenters. The first-order valence-electron chi connectivity index (χ1n) is 9.27. The molecule has 2 aliphatic heterocycles. The minimum Gasteiger partial charge on any atom is -0.378 e. The standard InChI is InChI=1S/C21H28N2O2/c1-20(2,25)12-9-17-5-7-18(8-6-17)19(24)22-14-13-21-10-3-15-23(21)16-4-11-21/h5-8,25H,3-4,10-11,13-16H2,1-2H3,(H,22,24). The van der Waals surface area contributed by atoms with Crippen LogP contribution in [0.4, 0.5) is 0 Å². The largest absolute Gasteiger partial charge is 0.378 e. The number of nitrogens with zero attached hydrogens (tertiary/aromatic N) is 1. The van der Waals surface area contributed by atoms with Gasteiger partial charge in [0.1, 0.15) is 5.60 Å². The second kappa shape index (κ2) is 7.19. The van der Waals surface area contributed by atoms with Crippen molar-refractivity contribution in [2.24, 2.45) is 0 Å². The smallest absolute Gasteiger partial charge is 0.251 e. The summed E-state index contributed by atoms with van der Waals surface area (Å²) < 4.78 is 0. The molecule has 0 spiro atoms. The number of carbonyl (C=O) groups excluding carboxylic acids is 1. The highest BCUT2D eigenvalue weighted by Gasteiger charge is 2.43. The lowest BCUT2D eigenvalue weighted by Crippen LogP contribution is -2.41. The fraction of sp³-hybridized carbons (Fsp3) is 0.571. The van der Waals surface area contributed by atoms with Gasteiger partial charge in [-0.1, -0.05) is 11.8 Å². The predicted octanol–water partition coefficient (Wildman–Crippen LogP) is 2.56. The van der Waals surface area contributed by atoms with E-state index in [0.717, 1.165) is 18.5 Å². The average Bonchev–Trinajstić information content (AvgIpc) is 3.12. The van der Waals surface area contributed by atoms with Crippen LogP contribution in [0, 0.1) is 11.8 Å². The molecule has 0 unspecified atom stereocenters. The maximum atomic E-state index is 12.3. The van der Waals surface area contributed by atoms with Gasteiger partial charge in [0, 0.05) is 23.2 Å². The Balaban J connectivity index is 1.52. The van der Waals surface area contributed by atoms with Gasteiger partial charge in [0.2, 0.25) is 0 Å². The molecule has 2 N–H and O–H groups in total. The Hall–Kier alpha value is -1.83. The summed E-state index contributed by atoms with van der Waals surface area (Å²) >= 11 is 0. The lowest BCUT2D eigenvalue weighted by atomic mass is 9.90. The van der Waals surface area contributed by atoms with Crippen LogP contribution in [0.15, 0.2) is 24.3 Å². The first-order chi connectivity index (χ1) is 11.9. The molecule has 4 nitrogen and oxygen atoms in total. The van der Waals surface area contributed by atoms with E-state index in [0.29, 0.717) is 11.1 Å². The summed E-state index contributed by atoms with van der Waals surface area (Å²) in [5.41, 5.74) is 0.791. The van der Waals surface area contributed by atoms with E-state index >= 15 is 0 Å². The van der Waals surface area contributed by atoms with E-state index in [4.69, 9.17) is 0 Å². The summed E-state index contributed by atoms with van der Waals surface area (Å²) in [7, 11) is 0. The number of nitrogens with one attached hydrogen (secondary N) is 1. The molecule has 0 aromatic heterocycles. The normalized spacial score (nSPS) is 19.2. The zero-order chi connectivity index (χ0) is 17.9. The van der Waals surface area contributed by atoms with Gasteiger partial charge in [-0.25, -0.2) is 0 Å². The van der Waals surface area contributed by atoms with Crippen molar-refractivity contribution in [3.63, 3.8) is 0 Å².